The summed E-state index contributed by atoms with van der Waals surface area (Å²) in [7, 11) is 3.90. The van der Waals surface area contributed by atoms with Gasteiger partial charge in [-0.3, -0.25) is 45.1 Å². The first-order chi connectivity index (χ1) is 67.4. The Labute approximate surface area is 912 Å². The Morgan fingerprint density at radius 2 is 0.810 bits per heavy atom. The molecule has 0 N–H and O–H groups in total. The molecule has 25 nitrogen and oxygen atoms in total. The van der Waals surface area contributed by atoms with Crippen molar-refractivity contribution in [2.75, 3.05) is 0 Å². The number of imidazole rings is 2. The molecular weight excluding hydrogens is 2590 g/mol. The van der Waals surface area contributed by atoms with Gasteiger partial charge in [-0.1, -0.05) is 276 Å². The Kier molecular flexibility index (Phi) is 40.0. The van der Waals surface area contributed by atoms with E-state index in [1.54, 1.807) is 37.2 Å². The van der Waals surface area contributed by atoms with Crippen molar-refractivity contribution < 1.29 is 111 Å². The number of halogens is 6. The summed E-state index contributed by atoms with van der Waals surface area (Å²) in [4.78, 5) is 44.9. The molecule has 0 bridgehead atoms. The molecule has 35 heteroatoms. The van der Waals surface area contributed by atoms with E-state index in [0.29, 0.717) is 0 Å². The van der Waals surface area contributed by atoms with Crippen LogP contribution in [-0.4, -0.2) is 94.6 Å². The van der Waals surface area contributed by atoms with Crippen molar-refractivity contribution in [3.8, 4) is 102 Å². The van der Waals surface area contributed by atoms with Crippen molar-refractivity contribution in [2.45, 2.75) is 215 Å². The Morgan fingerprint density at radius 3 is 1.21 bits per heavy atom. The molecule has 772 valence electrons. The fraction of sp³-hybridized carbons (Fsp3) is 0.312. The molecule has 147 heavy (non-hydrogen) atoms. The number of nitrogens with zero attached hydrogens (tertiary/aromatic N) is 25. The van der Waals surface area contributed by atoms with Gasteiger partial charge in [0.1, 0.15) is 11.6 Å². The van der Waals surface area contributed by atoms with Crippen LogP contribution in [0.3, 0.4) is 0 Å². The second-order valence-electron chi connectivity index (χ2n) is 41.4. The second-order valence-corrected chi connectivity index (χ2v) is 41.4. The predicted molar refractivity (Wildman–Crippen MR) is 546 cm³/mol. The van der Waals surface area contributed by atoms with Crippen LogP contribution in [0.1, 0.15) is 214 Å². The minimum absolute atomic E-state index is 0. The van der Waals surface area contributed by atoms with Crippen molar-refractivity contribution in [3.63, 3.8) is 0 Å². The largest absolute Gasteiger partial charge is 2.00 e. The molecular formula is C112H117F6N25Pt4. The molecule has 0 amide bonds. The van der Waals surface area contributed by atoms with Crippen LogP contribution in [0.15, 0.2) is 256 Å². The third-order valence-corrected chi connectivity index (χ3v) is 23.2. The third kappa shape index (κ3) is 31.7. The van der Waals surface area contributed by atoms with Crippen LogP contribution in [0.5, 0.6) is 0 Å². The predicted octanol–water partition coefficient (Wildman–Crippen LogP) is 24.3. The zero-order valence-electron chi connectivity index (χ0n) is 86.1. The van der Waals surface area contributed by atoms with Crippen LogP contribution in [0.25, 0.3) is 124 Å². The van der Waals surface area contributed by atoms with Crippen LogP contribution in [0.2, 0.25) is 0 Å². The van der Waals surface area contributed by atoms with Gasteiger partial charge in [0.25, 0.3) is 0 Å². The average Bonchev–Trinajstić information content (AvgIpc) is 1.63. The maximum atomic E-state index is 12.5. The van der Waals surface area contributed by atoms with Crippen molar-refractivity contribution in [2.24, 2.45) is 14.1 Å². The van der Waals surface area contributed by atoms with E-state index >= 15 is 0 Å². The van der Waals surface area contributed by atoms with Crippen molar-refractivity contribution in [1.29, 1.82) is 0 Å². The van der Waals surface area contributed by atoms with Gasteiger partial charge in [0.15, 0.2) is 0 Å². The maximum absolute atomic E-state index is 12.5. The molecule has 0 saturated carbocycles. The number of hydrogen-bond acceptors (Lipinski definition) is 17. The molecule has 4 aromatic carbocycles. The van der Waals surface area contributed by atoms with Gasteiger partial charge in [-0.25, -0.2) is 4.98 Å². The fourth-order valence-corrected chi connectivity index (χ4v) is 14.8. The number of fused-ring (bicyclic) bond motifs is 3. The molecule has 19 aromatic rings. The van der Waals surface area contributed by atoms with E-state index in [0.717, 1.165) is 127 Å². The van der Waals surface area contributed by atoms with E-state index in [1.165, 1.54) is 62.4 Å². The molecule has 0 saturated heterocycles. The van der Waals surface area contributed by atoms with Gasteiger partial charge in [0, 0.05) is 126 Å². The molecule has 1 aliphatic carbocycles. The third-order valence-electron chi connectivity index (χ3n) is 23.2. The number of aromatic nitrogens is 25. The van der Waals surface area contributed by atoms with Crippen LogP contribution in [0, 0.1) is 19.1 Å². The minimum atomic E-state index is -4.77. The second kappa shape index (κ2) is 49.9. The summed E-state index contributed by atoms with van der Waals surface area (Å²) in [5.74, 6) is -2.07. The van der Waals surface area contributed by atoms with Gasteiger partial charge >= 0.3 is 96.6 Å². The van der Waals surface area contributed by atoms with Crippen LogP contribution in [0.4, 0.5) is 26.3 Å². The molecule has 0 aliphatic heterocycles. The maximum Gasteiger partial charge on any atom is 2.00 e. The molecule has 0 atom stereocenters. The molecule has 0 spiro atoms. The van der Waals surface area contributed by atoms with Gasteiger partial charge in [0.05, 0.1) is 45.8 Å². The summed E-state index contributed by atoms with van der Waals surface area (Å²) in [6.45, 7) is 46.1. The van der Waals surface area contributed by atoms with Crippen molar-refractivity contribution >= 4 is 21.5 Å². The summed E-state index contributed by atoms with van der Waals surface area (Å²) in [6.07, 6.45) is 15.4. The normalized spacial score (nSPS) is 12.3. The van der Waals surface area contributed by atoms with Gasteiger partial charge in [-0.2, -0.15) is 62.2 Å². The first-order valence-corrected chi connectivity index (χ1v) is 46.7. The first kappa shape index (κ1) is 118. The number of aryl methyl sites for hydroxylation is 3. The molecule has 0 fully saturated rings. The molecule has 15 heterocycles. The summed E-state index contributed by atoms with van der Waals surface area (Å²) in [5.41, 5.74) is 20.9. The number of alkyl halides is 6. The van der Waals surface area contributed by atoms with Crippen LogP contribution >= 0.6 is 0 Å². The average molecular weight is 2710 g/mol. The van der Waals surface area contributed by atoms with Gasteiger partial charge in [-0.05, 0) is 170 Å². The fourth-order valence-electron chi connectivity index (χ4n) is 14.8. The van der Waals surface area contributed by atoms with Gasteiger partial charge < -0.3 is 75.1 Å². The molecule has 1 aliphatic rings. The van der Waals surface area contributed by atoms with Gasteiger partial charge in [-0.15, -0.1) is 6.07 Å². The smallest absolute Gasteiger partial charge is 0.573 e. The minimum Gasteiger partial charge on any atom is -0.573 e. The Balaban J connectivity index is 0.000000198. The van der Waals surface area contributed by atoms with Crippen LogP contribution in [-0.2, 0) is 155 Å². The summed E-state index contributed by atoms with van der Waals surface area (Å²) < 4.78 is 78.6. The number of hydrogen-bond donors (Lipinski definition) is 0. The van der Waals surface area contributed by atoms with E-state index in [-0.39, 0.29) is 134 Å². The molecule has 0 unspecified atom stereocenters. The van der Waals surface area contributed by atoms with Crippen LogP contribution < -0.4 is 30.6 Å². The topological polar surface area (TPSA) is 314 Å². The number of rotatable bonds is 9. The van der Waals surface area contributed by atoms with E-state index in [1.807, 2.05) is 121 Å². The Hall–Kier alpha value is -12.7. The molecule has 15 aromatic heterocycles. The summed E-state index contributed by atoms with van der Waals surface area (Å²) >= 11 is 0. The monoisotopic (exact) mass is 2710 g/mol. The number of pyridine rings is 7. The van der Waals surface area contributed by atoms with Crippen molar-refractivity contribution in [3.05, 3.63) is 331 Å². The standard InChI is InChI=1S/C33H43N5.C25H27N5.C13H12N5.C11H3F6N7.C9H7N.C9H13N.C7H7.C5H5N.4Pt/c1-30(2,3)22-13-20(14-23(17-22)31(4,5)6)21-15-24(26-18-28(37-35-26)32(7,8)9)34-25(16-21)27-19-29(38-36-27)33(10,11)12;1-24(2,3)20-14-19(27-28-20)18-13-15-9-6-7-10-16(15)21(26-18)22-17-11-8-12-25(4,5)23(17)30-29-22;1-17-5-3-15-12(17)10-7-11(9-14-8-10)13-16-4-6-18(13)2;12-10(13,14)8-19-6(21-23-8)4-2-1-3-5(18-4)7-20-9(24-22-7)11(15,16)17;1-2-4-9-7-10-6-5-8(9)3-1;1-9(2,3)8-4-6-10-7-5-8;1-7-5-3-2-4-6-7;1-2-4-6-5-3-1;;;;/h13-19H,1-12H3;6-7,9-10,13-14H,8,11-12H2,1-5H3;3-6,8-9H,1-2H3;1-3H;1-7H;4-7H,1-3H3;3-6H,1H3;1-5H;;;;/q2*-2;-1;-2;;;-1;;4*+2. The zero-order valence-corrected chi connectivity index (χ0v) is 95.2. The summed E-state index contributed by atoms with van der Waals surface area (Å²) in [6, 6.07) is 65.9. The summed E-state index contributed by atoms with van der Waals surface area (Å²) in [5, 5.41) is 53.1. The van der Waals surface area contributed by atoms with E-state index in [4.69, 9.17) is 9.97 Å². The quantitative estimate of drug-likeness (QED) is 0.0957. The van der Waals surface area contributed by atoms with E-state index < -0.39 is 35.7 Å². The molecule has 20 rings (SSSR count). The Bertz CT molecular complexity index is 7080. The van der Waals surface area contributed by atoms with E-state index in [9.17, 15) is 26.3 Å². The van der Waals surface area contributed by atoms with Gasteiger partial charge in [0.2, 0.25) is 0 Å². The van der Waals surface area contributed by atoms with Crippen molar-refractivity contribution in [1.82, 2.24) is 125 Å². The SMILES string of the molecule is CC(C)(C)c1cc(-c2cc(-c3cc(C(C)(C)C)n[n-]3)nc(-c3cc(C(C)(C)C)n[n-]3)c2)cc(C(C)(C)C)c1.CC(C)(C)c1cc(-c2cc3ccccc3c(-c3[n-]nc4c3CCCC4(C)C)n2)[n-]n1.CC(C)(C)c1ccncc1.Cc1cc[c-]cc1.Cn1ccnc1-c1[c-]c(-c2nccn2C)cnc1.FC(F)(F)c1n[n-]c(-c2cccc(-c3nc(C(F)(F)F)n[n-]3)n2)n1.[Pt+2].[Pt+2].[Pt+2].[Pt+2].c1ccc2cnccc2c1.c1ccncc1. The zero-order chi connectivity index (χ0) is 103. The first-order valence-electron chi connectivity index (χ1n) is 46.7. The Morgan fingerprint density at radius 1 is 0.367 bits per heavy atom. The molecule has 0 radical (unpaired) electrons. The van der Waals surface area contributed by atoms with E-state index in [2.05, 4.69) is 367 Å². The number of benzene rings is 4.